The third kappa shape index (κ3) is 6.77. The summed E-state index contributed by atoms with van der Waals surface area (Å²) in [6.45, 7) is 1.72. The lowest BCUT2D eigenvalue weighted by Gasteiger charge is -2.16. The Hall–Kier alpha value is -4.41. The van der Waals surface area contributed by atoms with Crippen molar-refractivity contribution in [2.75, 3.05) is 67.0 Å². The summed E-state index contributed by atoms with van der Waals surface area (Å²) in [6.07, 6.45) is 3.00. The first-order valence-corrected chi connectivity index (χ1v) is 12.9. The van der Waals surface area contributed by atoms with Crippen molar-refractivity contribution in [2.24, 2.45) is 0 Å². The molecule has 0 aliphatic rings. The number of hydrogen-bond acceptors (Lipinski definition) is 7. The van der Waals surface area contributed by atoms with E-state index in [1.54, 1.807) is 39.5 Å². The Bertz CT molecular complexity index is 1480. The maximum Gasteiger partial charge on any atom is 0.411 e. The smallest absolute Gasteiger partial charge is 0.411 e. The Labute approximate surface area is 233 Å². The van der Waals surface area contributed by atoms with E-state index in [1.807, 2.05) is 61.6 Å². The second-order valence-electron chi connectivity index (χ2n) is 9.66. The van der Waals surface area contributed by atoms with Gasteiger partial charge in [0, 0.05) is 55.1 Å². The van der Waals surface area contributed by atoms with Crippen molar-refractivity contribution in [3.8, 4) is 28.0 Å². The molecule has 0 unspecified atom stereocenters. The van der Waals surface area contributed by atoms with E-state index in [0.29, 0.717) is 17.9 Å². The van der Waals surface area contributed by atoms with Crippen LogP contribution in [0, 0.1) is 0 Å². The van der Waals surface area contributed by atoms with Gasteiger partial charge in [-0.2, -0.15) is 0 Å². The van der Waals surface area contributed by atoms with Crippen LogP contribution in [0.2, 0.25) is 0 Å². The van der Waals surface area contributed by atoms with E-state index in [-0.39, 0.29) is 19.1 Å². The van der Waals surface area contributed by atoms with Gasteiger partial charge < -0.3 is 29.0 Å². The molecule has 4 aromatic rings. The lowest BCUT2D eigenvalue weighted by molar-refractivity contribution is 0.0707. The quantitative estimate of drug-likeness (QED) is 0.262. The minimum absolute atomic E-state index is 0.102. The maximum atomic E-state index is 13.1. The largest absolute Gasteiger partial charge is 0.496 e. The first-order chi connectivity index (χ1) is 19.3. The molecule has 0 aliphatic carbocycles. The second kappa shape index (κ2) is 13.1. The van der Waals surface area contributed by atoms with Gasteiger partial charge in [0.2, 0.25) is 0 Å². The Balaban J connectivity index is 1.58. The molecular weight excluding hydrogens is 510 g/mol. The van der Waals surface area contributed by atoms with Gasteiger partial charge in [0.15, 0.2) is 0 Å². The van der Waals surface area contributed by atoms with Crippen molar-refractivity contribution in [1.29, 1.82) is 0 Å². The molecule has 0 aliphatic heterocycles. The molecule has 10 nitrogen and oxygen atoms in total. The molecule has 0 atom stereocenters. The molecule has 210 valence electrons. The zero-order chi connectivity index (χ0) is 28.6. The topological polar surface area (TPSA) is 109 Å². The third-order valence-corrected chi connectivity index (χ3v) is 6.30. The molecule has 0 bridgehead atoms. The minimum Gasteiger partial charge on any atom is -0.496 e. The number of amides is 2. The molecule has 4 rings (SSSR count). The molecule has 0 spiro atoms. The third-order valence-electron chi connectivity index (χ3n) is 6.30. The van der Waals surface area contributed by atoms with Crippen molar-refractivity contribution in [1.82, 2.24) is 19.8 Å². The van der Waals surface area contributed by atoms with Gasteiger partial charge in [-0.25, -0.2) is 9.78 Å². The first kappa shape index (κ1) is 28.6. The molecule has 40 heavy (non-hydrogen) atoms. The van der Waals surface area contributed by atoms with Crippen molar-refractivity contribution < 1.29 is 23.8 Å². The highest BCUT2D eigenvalue weighted by atomic mass is 16.6. The van der Waals surface area contributed by atoms with E-state index in [0.717, 1.165) is 45.6 Å². The summed E-state index contributed by atoms with van der Waals surface area (Å²) >= 11 is 0. The fourth-order valence-electron chi connectivity index (χ4n) is 4.19. The summed E-state index contributed by atoms with van der Waals surface area (Å²) in [7, 11) is 8.88. The summed E-state index contributed by atoms with van der Waals surface area (Å²) < 4.78 is 16.3. The number of fused-ring (bicyclic) bond motifs is 1. The Morgan fingerprint density at radius 1 is 0.950 bits per heavy atom. The molecule has 2 heterocycles. The SMILES string of the molecule is COc1ccccc1-c1c[nH]c2ncc(-c3ccc(NC(=O)OCCOCCN(C)C)c(C(=O)N(C)C)c3)cc12. The lowest BCUT2D eigenvalue weighted by atomic mass is 9.99. The molecule has 0 saturated heterocycles. The van der Waals surface area contributed by atoms with E-state index in [4.69, 9.17) is 14.2 Å². The fraction of sp³-hybridized carbons (Fsp3) is 0.300. The highest BCUT2D eigenvalue weighted by Crippen LogP contribution is 2.36. The Kier molecular flexibility index (Phi) is 9.36. The zero-order valence-corrected chi connectivity index (χ0v) is 23.5. The number of para-hydroxylation sites is 1. The first-order valence-electron chi connectivity index (χ1n) is 12.9. The van der Waals surface area contributed by atoms with Crippen LogP contribution in [-0.4, -0.2) is 93.4 Å². The molecule has 2 amide bonds. The predicted octanol–water partition coefficient (Wildman–Crippen LogP) is 4.73. The van der Waals surface area contributed by atoms with Crippen LogP contribution in [0.5, 0.6) is 5.75 Å². The highest BCUT2D eigenvalue weighted by Gasteiger charge is 2.18. The number of aromatic nitrogens is 2. The maximum absolute atomic E-state index is 13.1. The van der Waals surface area contributed by atoms with Crippen LogP contribution in [0.3, 0.4) is 0 Å². The Morgan fingerprint density at radius 3 is 2.50 bits per heavy atom. The number of carbonyl (C=O) groups excluding carboxylic acids is 2. The van der Waals surface area contributed by atoms with Crippen LogP contribution < -0.4 is 10.1 Å². The number of aromatic amines is 1. The number of benzene rings is 2. The van der Waals surface area contributed by atoms with Crippen molar-refractivity contribution in [3.05, 3.63) is 66.5 Å². The summed E-state index contributed by atoms with van der Waals surface area (Å²) in [4.78, 5) is 36.8. The van der Waals surface area contributed by atoms with Crippen LogP contribution >= 0.6 is 0 Å². The number of carbonyl (C=O) groups is 2. The van der Waals surface area contributed by atoms with Crippen LogP contribution in [0.4, 0.5) is 10.5 Å². The molecule has 10 heteroatoms. The van der Waals surface area contributed by atoms with Gasteiger partial charge in [0.25, 0.3) is 5.91 Å². The normalized spacial score (nSPS) is 11.1. The molecular formula is C30H35N5O5. The number of ether oxygens (including phenoxy) is 3. The van der Waals surface area contributed by atoms with Crippen molar-refractivity contribution in [2.45, 2.75) is 0 Å². The number of anilines is 1. The van der Waals surface area contributed by atoms with Gasteiger partial charge in [-0.05, 0) is 43.9 Å². The molecule has 2 aromatic carbocycles. The fourth-order valence-corrected chi connectivity index (χ4v) is 4.19. The number of nitrogens with one attached hydrogen (secondary N) is 2. The summed E-state index contributed by atoms with van der Waals surface area (Å²) in [5, 5.41) is 3.61. The second-order valence-corrected chi connectivity index (χ2v) is 9.66. The average Bonchev–Trinajstić information content (AvgIpc) is 3.37. The number of rotatable bonds is 11. The molecule has 2 N–H and O–H groups in total. The minimum atomic E-state index is -0.659. The van der Waals surface area contributed by atoms with Crippen LogP contribution in [0.25, 0.3) is 33.3 Å². The average molecular weight is 546 g/mol. The van der Waals surface area contributed by atoms with Crippen LogP contribution in [0.1, 0.15) is 10.4 Å². The number of likely N-dealkylation sites (N-methyl/N-ethyl adjacent to an activating group) is 1. The number of pyridine rings is 1. The van der Waals surface area contributed by atoms with Gasteiger partial charge in [0.05, 0.1) is 31.6 Å². The summed E-state index contributed by atoms with van der Waals surface area (Å²) in [5.41, 5.74) is 4.92. The van der Waals surface area contributed by atoms with E-state index in [2.05, 4.69) is 15.3 Å². The number of nitrogens with zero attached hydrogens (tertiary/aromatic N) is 3. The monoisotopic (exact) mass is 545 g/mol. The van der Waals surface area contributed by atoms with Gasteiger partial charge in [-0.15, -0.1) is 0 Å². The number of H-pyrrole nitrogens is 1. The van der Waals surface area contributed by atoms with E-state index < -0.39 is 6.09 Å². The summed E-state index contributed by atoms with van der Waals surface area (Å²) in [6, 6.07) is 15.1. The van der Waals surface area contributed by atoms with Crippen LogP contribution in [-0.2, 0) is 9.47 Å². The lowest BCUT2D eigenvalue weighted by Crippen LogP contribution is -2.25. The zero-order valence-electron chi connectivity index (χ0n) is 23.5. The predicted molar refractivity (Wildman–Crippen MR) is 156 cm³/mol. The van der Waals surface area contributed by atoms with Gasteiger partial charge in [-0.3, -0.25) is 10.1 Å². The molecule has 0 radical (unpaired) electrons. The standard InChI is InChI=1S/C30H35N5O5/c1-34(2)12-13-39-14-15-40-30(37)33-26-11-10-20(16-24(26)29(36)35(3)4)21-17-23-25(19-32-28(23)31-18-21)22-8-6-7-9-27(22)38-5/h6-11,16-19H,12-15H2,1-5H3,(H,31,32)(H,33,37). The van der Waals surface area contributed by atoms with Gasteiger partial charge >= 0.3 is 6.09 Å². The van der Waals surface area contributed by atoms with Crippen molar-refractivity contribution in [3.63, 3.8) is 0 Å². The number of hydrogen-bond donors (Lipinski definition) is 2. The van der Waals surface area contributed by atoms with Gasteiger partial charge in [0.1, 0.15) is 18.0 Å². The molecule has 2 aromatic heterocycles. The van der Waals surface area contributed by atoms with E-state index >= 15 is 0 Å². The highest BCUT2D eigenvalue weighted by molar-refractivity contribution is 6.04. The molecule has 0 saturated carbocycles. The number of methoxy groups -OCH3 is 1. The van der Waals surface area contributed by atoms with E-state index in [1.165, 1.54) is 4.90 Å². The van der Waals surface area contributed by atoms with Crippen molar-refractivity contribution >= 4 is 28.7 Å². The molecule has 0 fully saturated rings. The van der Waals surface area contributed by atoms with E-state index in [9.17, 15) is 9.59 Å². The van der Waals surface area contributed by atoms with Gasteiger partial charge in [-0.1, -0.05) is 24.3 Å². The van der Waals surface area contributed by atoms with Crippen LogP contribution in [0.15, 0.2) is 60.9 Å². The Morgan fingerprint density at radius 2 is 1.75 bits per heavy atom. The summed E-state index contributed by atoms with van der Waals surface area (Å²) in [5.74, 6) is 0.504.